The van der Waals surface area contributed by atoms with Crippen LogP contribution in [0, 0.1) is 0 Å². The second-order valence-corrected chi connectivity index (χ2v) is 4.27. The van der Waals surface area contributed by atoms with Crippen molar-refractivity contribution in [3.63, 3.8) is 0 Å². The van der Waals surface area contributed by atoms with Crippen LogP contribution in [-0.4, -0.2) is 29.7 Å². The number of methoxy groups -OCH3 is 1. The van der Waals surface area contributed by atoms with Crippen molar-refractivity contribution in [2.45, 2.75) is 5.92 Å². The van der Waals surface area contributed by atoms with Gasteiger partial charge >= 0.3 is 5.97 Å². The lowest BCUT2D eigenvalue weighted by Crippen LogP contribution is -2.20. The Hall–Kier alpha value is -2.56. The van der Waals surface area contributed by atoms with Crippen molar-refractivity contribution in [1.82, 2.24) is 4.98 Å². The molecule has 1 heterocycles. The number of carboxylic acids is 1. The number of hydrogen-bond acceptors (Lipinski definition) is 4. The third-order valence-corrected chi connectivity index (χ3v) is 2.95. The largest absolute Gasteiger partial charge is 0.481 e. The van der Waals surface area contributed by atoms with Crippen LogP contribution < -0.4 is 10.1 Å². The number of carbonyl (C=O) groups is 1. The first kappa shape index (κ1) is 13.9. The Balaban J connectivity index is 2.08. The van der Waals surface area contributed by atoms with E-state index in [-0.39, 0.29) is 0 Å². The summed E-state index contributed by atoms with van der Waals surface area (Å²) in [7, 11) is 1.54. The Kier molecular flexibility index (Phi) is 4.55. The van der Waals surface area contributed by atoms with Crippen LogP contribution in [0.5, 0.6) is 5.88 Å². The van der Waals surface area contributed by atoms with Gasteiger partial charge in [-0.05, 0) is 11.6 Å². The van der Waals surface area contributed by atoms with Gasteiger partial charge in [0, 0.05) is 24.5 Å². The number of nitrogens with zero attached hydrogens (tertiary/aromatic N) is 1. The van der Waals surface area contributed by atoms with E-state index in [2.05, 4.69) is 10.3 Å². The number of benzene rings is 1. The summed E-state index contributed by atoms with van der Waals surface area (Å²) < 4.78 is 5.03. The zero-order valence-corrected chi connectivity index (χ0v) is 11.1. The molecule has 5 nitrogen and oxygen atoms in total. The van der Waals surface area contributed by atoms with Crippen molar-refractivity contribution in [1.29, 1.82) is 0 Å². The quantitative estimate of drug-likeness (QED) is 0.844. The number of aliphatic carboxylic acids is 1. The first-order valence-corrected chi connectivity index (χ1v) is 6.22. The van der Waals surface area contributed by atoms with E-state index in [1.165, 1.54) is 7.11 Å². The summed E-state index contributed by atoms with van der Waals surface area (Å²) in [5, 5.41) is 12.4. The molecule has 0 saturated carbocycles. The molecule has 0 spiro atoms. The van der Waals surface area contributed by atoms with Crippen molar-refractivity contribution in [2.75, 3.05) is 19.0 Å². The molecule has 1 aromatic carbocycles. The van der Waals surface area contributed by atoms with Gasteiger partial charge in [-0.15, -0.1) is 0 Å². The average Bonchev–Trinajstić information content (AvgIpc) is 2.48. The monoisotopic (exact) mass is 272 g/mol. The summed E-state index contributed by atoms with van der Waals surface area (Å²) >= 11 is 0. The van der Waals surface area contributed by atoms with E-state index in [0.29, 0.717) is 12.4 Å². The van der Waals surface area contributed by atoms with E-state index in [1.807, 2.05) is 30.3 Å². The normalized spacial score (nSPS) is 11.7. The lowest BCUT2D eigenvalue weighted by molar-refractivity contribution is -0.138. The van der Waals surface area contributed by atoms with Gasteiger partial charge in [0.2, 0.25) is 5.88 Å². The number of nitrogens with one attached hydrogen (secondary N) is 1. The molecule has 1 unspecified atom stereocenters. The molecule has 0 aliphatic rings. The molecule has 0 fully saturated rings. The van der Waals surface area contributed by atoms with Crippen LogP contribution in [0.4, 0.5) is 5.69 Å². The molecule has 0 saturated heterocycles. The molecule has 2 rings (SSSR count). The minimum Gasteiger partial charge on any atom is -0.481 e. The Labute approximate surface area is 117 Å². The summed E-state index contributed by atoms with van der Waals surface area (Å²) in [5.41, 5.74) is 1.55. The molecule has 0 bridgehead atoms. The van der Waals surface area contributed by atoms with Gasteiger partial charge in [0.05, 0.1) is 13.0 Å². The maximum atomic E-state index is 11.4. The summed E-state index contributed by atoms with van der Waals surface area (Å²) in [4.78, 5) is 15.4. The smallest absolute Gasteiger partial charge is 0.312 e. The number of aromatic nitrogens is 1. The number of hydrogen-bond donors (Lipinski definition) is 2. The van der Waals surface area contributed by atoms with Gasteiger partial charge in [0.25, 0.3) is 0 Å². The lowest BCUT2D eigenvalue weighted by Gasteiger charge is -2.14. The van der Waals surface area contributed by atoms with E-state index < -0.39 is 11.9 Å². The van der Waals surface area contributed by atoms with E-state index in [0.717, 1.165) is 11.3 Å². The Bertz CT molecular complexity index is 572. The van der Waals surface area contributed by atoms with Gasteiger partial charge in [-0.2, -0.15) is 0 Å². The predicted molar refractivity (Wildman–Crippen MR) is 76.1 cm³/mol. The molecule has 0 aliphatic heterocycles. The van der Waals surface area contributed by atoms with Crippen molar-refractivity contribution < 1.29 is 14.6 Å². The number of pyridine rings is 1. The first-order chi connectivity index (χ1) is 9.70. The highest BCUT2D eigenvalue weighted by Crippen LogP contribution is 2.19. The number of carboxylic acid groups (broad SMARTS) is 1. The van der Waals surface area contributed by atoms with Crippen LogP contribution >= 0.6 is 0 Å². The fourth-order valence-electron chi connectivity index (χ4n) is 1.88. The van der Waals surface area contributed by atoms with Crippen LogP contribution in [0.3, 0.4) is 0 Å². The van der Waals surface area contributed by atoms with E-state index >= 15 is 0 Å². The van der Waals surface area contributed by atoms with Crippen LogP contribution in [0.25, 0.3) is 0 Å². The van der Waals surface area contributed by atoms with E-state index in [4.69, 9.17) is 4.74 Å². The minimum absolute atomic E-state index is 0.298. The summed E-state index contributed by atoms with van der Waals surface area (Å²) in [6, 6.07) is 12.7. The zero-order valence-electron chi connectivity index (χ0n) is 11.1. The number of rotatable bonds is 6. The van der Waals surface area contributed by atoms with E-state index in [1.54, 1.807) is 18.3 Å². The SMILES string of the molecule is COc1cc(NCC(C(=O)O)c2ccccc2)ccn1. The van der Waals surface area contributed by atoms with Crippen molar-refractivity contribution in [2.24, 2.45) is 0 Å². The van der Waals surface area contributed by atoms with Crippen molar-refractivity contribution in [3.8, 4) is 5.88 Å². The van der Waals surface area contributed by atoms with Crippen LogP contribution in [-0.2, 0) is 4.79 Å². The third-order valence-electron chi connectivity index (χ3n) is 2.95. The van der Waals surface area contributed by atoms with Gasteiger partial charge in [-0.25, -0.2) is 4.98 Å². The molecule has 2 N–H and O–H groups in total. The molecular weight excluding hydrogens is 256 g/mol. The van der Waals surface area contributed by atoms with E-state index in [9.17, 15) is 9.90 Å². The van der Waals surface area contributed by atoms with Gasteiger partial charge in [0.15, 0.2) is 0 Å². The molecule has 5 heteroatoms. The summed E-state index contributed by atoms with van der Waals surface area (Å²) in [6.07, 6.45) is 1.61. The van der Waals surface area contributed by atoms with Crippen LogP contribution in [0.1, 0.15) is 11.5 Å². The molecule has 1 aromatic heterocycles. The highest BCUT2D eigenvalue weighted by atomic mass is 16.5. The molecule has 2 aromatic rings. The number of ether oxygens (including phenoxy) is 1. The van der Waals surface area contributed by atoms with Gasteiger partial charge in [0.1, 0.15) is 0 Å². The molecule has 1 atom stereocenters. The maximum absolute atomic E-state index is 11.4. The fraction of sp³-hybridized carbons (Fsp3) is 0.200. The van der Waals surface area contributed by atoms with Crippen LogP contribution in [0.15, 0.2) is 48.7 Å². The molecule has 104 valence electrons. The first-order valence-electron chi connectivity index (χ1n) is 6.22. The summed E-state index contributed by atoms with van der Waals surface area (Å²) in [5.74, 6) is -0.971. The molecule has 0 radical (unpaired) electrons. The fourth-order valence-corrected chi connectivity index (χ4v) is 1.88. The molecular formula is C15H16N2O3. The lowest BCUT2D eigenvalue weighted by atomic mass is 9.99. The highest BCUT2D eigenvalue weighted by Gasteiger charge is 2.19. The van der Waals surface area contributed by atoms with Gasteiger partial charge in [-0.1, -0.05) is 30.3 Å². The average molecular weight is 272 g/mol. The molecule has 0 amide bonds. The van der Waals surface area contributed by atoms with Gasteiger partial charge in [-0.3, -0.25) is 4.79 Å². The molecule has 0 aliphatic carbocycles. The predicted octanol–water partition coefficient (Wildman–Crippen LogP) is 2.37. The minimum atomic E-state index is -0.857. The Morgan fingerprint density at radius 2 is 2.10 bits per heavy atom. The second-order valence-electron chi connectivity index (χ2n) is 4.27. The zero-order chi connectivity index (χ0) is 14.4. The Morgan fingerprint density at radius 3 is 2.75 bits per heavy atom. The van der Waals surface area contributed by atoms with Crippen molar-refractivity contribution in [3.05, 3.63) is 54.2 Å². The molecule has 20 heavy (non-hydrogen) atoms. The third kappa shape index (κ3) is 3.47. The van der Waals surface area contributed by atoms with Crippen molar-refractivity contribution >= 4 is 11.7 Å². The number of anilines is 1. The van der Waals surface area contributed by atoms with Crippen LogP contribution in [0.2, 0.25) is 0 Å². The van der Waals surface area contributed by atoms with Gasteiger partial charge < -0.3 is 15.2 Å². The highest BCUT2D eigenvalue weighted by molar-refractivity contribution is 5.77. The summed E-state index contributed by atoms with van der Waals surface area (Å²) in [6.45, 7) is 0.298. The standard InChI is InChI=1S/C15H16N2O3/c1-20-14-9-12(7-8-16-14)17-10-13(15(18)19)11-5-3-2-4-6-11/h2-9,13H,10H2,1H3,(H,16,17)(H,18,19). The maximum Gasteiger partial charge on any atom is 0.312 e. The second kappa shape index (κ2) is 6.56. The topological polar surface area (TPSA) is 71.5 Å². The Morgan fingerprint density at radius 1 is 1.35 bits per heavy atom.